The Hall–Kier alpha value is -3.57. The molecule has 0 bridgehead atoms. The van der Waals surface area contributed by atoms with Crippen LogP contribution >= 0.6 is 12.2 Å². The molecule has 2 aromatic rings. The minimum Gasteiger partial charge on any atom is -0.316 e. The summed E-state index contributed by atoms with van der Waals surface area (Å²) < 4.78 is 54.4. The molecular formula is C19H11F4N5OS. The summed E-state index contributed by atoms with van der Waals surface area (Å²) in [6, 6.07) is 7.46. The van der Waals surface area contributed by atoms with Gasteiger partial charge in [0.1, 0.15) is 11.9 Å². The molecule has 0 N–H and O–H groups in total. The second-order valence-corrected chi connectivity index (χ2v) is 6.61. The molecule has 6 nitrogen and oxygen atoms in total. The van der Waals surface area contributed by atoms with Crippen molar-refractivity contribution >= 4 is 34.6 Å². The summed E-state index contributed by atoms with van der Waals surface area (Å²) in [7, 11) is 0. The Labute approximate surface area is 173 Å². The van der Waals surface area contributed by atoms with Crippen molar-refractivity contribution in [2.24, 2.45) is 0 Å². The lowest BCUT2D eigenvalue weighted by molar-refractivity contribution is -0.138. The number of anilines is 2. The Kier molecular flexibility index (Phi) is 5.67. The maximum Gasteiger partial charge on any atom is 0.419 e. The highest BCUT2D eigenvalue weighted by Gasteiger charge is 2.37. The number of amides is 1. The molecule has 1 saturated heterocycles. The highest BCUT2D eigenvalue weighted by molar-refractivity contribution is 7.81. The van der Waals surface area contributed by atoms with E-state index in [4.69, 9.17) is 22.7 Å². The van der Waals surface area contributed by atoms with Crippen molar-refractivity contribution in [3.63, 3.8) is 0 Å². The molecule has 1 aromatic carbocycles. The Morgan fingerprint density at radius 1 is 1.17 bits per heavy atom. The van der Waals surface area contributed by atoms with Crippen molar-refractivity contribution in [3.8, 4) is 12.1 Å². The van der Waals surface area contributed by atoms with Gasteiger partial charge in [0.2, 0.25) is 5.91 Å². The van der Waals surface area contributed by atoms with E-state index < -0.39 is 29.2 Å². The number of thiocarbonyl (C=S) groups is 1. The smallest absolute Gasteiger partial charge is 0.316 e. The Morgan fingerprint density at radius 2 is 1.90 bits per heavy atom. The standard InChI is InChI=1S/C19H11F4N5OS/c20-14-6-11(8-24)3-4-16(14)27-5-1-2-17(29)28(18(27)30)12-7-13(19(21,22)23)15(9-25)26-10-12/h3-4,6-7,10H,1-2,5H2. The van der Waals surface area contributed by atoms with Gasteiger partial charge in [-0.15, -0.1) is 0 Å². The van der Waals surface area contributed by atoms with Gasteiger partial charge in [-0.25, -0.2) is 9.37 Å². The van der Waals surface area contributed by atoms with Crippen LogP contribution in [0.15, 0.2) is 30.5 Å². The lowest BCUT2D eigenvalue weighted by Crippen LogP contribution is -2.44. The highest BCUT2D eigenvalue weighted by atomic mass is 32.1. The van der Waals surface area contributed by atoms with E-state index in [1.807, 2.05) is 0 Å². The van der Waals surface area contributed by atoms with E-state index in [9.17, 15) is 22.4 Å². The molecule has 1 aliphatic rings. The van der Waals surface area contributed by atoms with Crippen LogP contribution < -0.4 is 9.80 Å². The van der Waals surface area contributed by atoms with Crippen LogP contribution in [0.2, 0.25) is 0 Å². The number of pyridine rings is 1. The van der Waals surface area contributed by atoms with E-state index in [1.165, 1.54) is 23.1 Å². The number of benzene rings is 1. The van der Waals surface area contributed by atoms with E-state index in [0.717, 1.165) is 17.2 Å². The molecule has 1 fully saturated rings. The number of nitrogens with zero attached hydrogens (tertiary/aromatic N) is 5. The zero-order chi connectivity index (χ0) is 22.1. The van der Waals surface area contributed by atoms with Crippen molar-refractivity contribution in [1.82, 2.24) is 4.98 Å². The molecule has 152 valence electrons. The van der Waals surface area contributed by atoms with E-state index in [-0.39, 0.29) is 41.4 Å². The number of hydrogen-bond acceptors (Lipinski definition) is 5. The fourth-order valence-electron chi connectivity index (χ4n) is 2.98. The molecule has 0 aliphatic carbocycles. The summed E-state index contributed by atoms with van der Waals surface area (Å²) in [5, 5.41) is 17.6. The third-order valence-electron chi connectivity index (χ3n) is 4.35. The van der Waals surface area contributed by atoms with Gasteiger partial charge in [-0.2, -0.15) is 23.7 Å². The van der Waals surface area contributed by atoms with Crippen LogP contribution in [0.5, 0.6) is 0 Å². The Morgan fingerprint density at radius 3 is 2.50 bits per heavy atom. The quantitative estimate of drug-likeness (QED) is 0.528. The summed E-state index contributed by atoms with van der Waals surface area (Å²) in [6.07, 6.45) is -3.71. The van der Waals surface area contributed by atoms with E-state index in [2.05, 4.69) is 4.98 Å². The lowest BCUT2D eigenvalue weighted by Gasteiger charge is -2.30. The minimum atomic E-state index is -4.87. The summed E-state index contributed by atoms with van der Waals surface area (Å²) in [5.41, 5.74) is -2.36. The maximum absolute atomic E-state index is 14.5. The van der Waals surface area contributed by atoms with Crippen LogP contribution in [-0.2, 0) is 11.0 Å². The van der Waals surface area contributed by atoms with Crippen LogP contribution in [0.25, 0.3) is 0 Å². The first-order valence-corrected chi connectivity index (χ1v) is 8.89. The molecule has 0 spiro atoms. The fourth-order valence-corrected chi connectivity index (χ4v) is 3.37. The minimum absolute atomic E-state index is 0.0173. The third kappa shape index (κ3) is 3.93. The van der Waals surface area contributed by atoms with Gasteiger partial charge in [-0.05, 0) is 42.9 Å². The highest BCUT2D eigenvalue weighted by Crippen LogP contribution is 2.35. The van der Waals surface area contributed by atoms with Crippen LogP contribution in [0.1, 0.15) is 29.7 Å². The topological polar surface area (TPSA) is 84.0 Å². The van der Waals surface area contributed by atoms with Crippen molar-refractivity contribution in [1.29, 1.82) is 10.5 Å². The summed E-state index contributed by atoms with van der Waals surface area (Å²) >= 11 is 5.32. The van der Waals surface area contributed by atoms with E-state index in [0.29, 0.717) is 6.07 Å². The zero-order valence-electron chi connectivity index (χ0n) is 15.1. The van der Waals surface area contributed by atoms with Crippen LogP contribution in [-0.4, -0.2) is 22.5 Å². The van der Waals surface area contributed by atoms with Gasteiger partial charge in [-0.1, -0.05) is 0 Å². The second-order valence-electron chi connectivity index (χ2n) is 6.24. The number of alkyl halides is 3. The van der Waals surface area contributed by atoms with Crippen molar-refractivity contribution in [2.45, 2.75) is 19.0 Å². The molecule has 0 radical (unpaired) electrons. The van der Waals surface area contributed by atoms with Crippen LogP contribution in [0.3, 0.4) is 0 Å². The Bertz CT molecular complexity index is 1120. The number of aromatic nitrogens is 1. The largest absolute Gasteiger partial charge is 0.419 e. The Balaban J connectivity index is 2.09. The first-order chi connectivity index (χ1) is 14.2. The third-order valence-corrected chi connectivity index (χ3v) is 4.76. The zero-order valence-corrected chi connectivity index (χ0v) is 15.9. The molecular weight excluding hydrogens is 422 g/mol. The monoisotopic (exact) mass is 433 g/mol. The molecule has 1 aromatic heterocycles. The summed E-state index contributed by atoms with van der Waals surface area (Å²) in [6.45, 7) is 0.139. The molecule has 0 atom stereocenters. The second kappa shape index (κ2) is 8.05. The predicted molar refractivity (Wildman–Crippen MR) is 102 cm³/mol. The number of halogens is 4. The van der Waals surface area contributed by atoms with Crippen LogP contribution in [0, 0.1) is 28.5 Å². The van der Waals surface area contributed by atoms with Gasteiger partial charge in [0, 0.05) is 13.0 Å². The van der Waals surface area contributed by atoms with Gasteiger partial charge in [0.25, 0.3) is 0 Å². The molecule has 2 heterocycles. The average molecular weight is 433 g/mol. The molecule has 3 rings (SSSR count). The molecule has 1 amide bonds. The first-order valence-electron chi connectivity index (χ1n) is 8.49. The average Bonchev–Trinajstić information content (AvgIpc) is 2.84. The lowest BCUT2D eigenvalue weighted by atomic mass is 10.1. The first kappa shape index (κ1) is 21.1. The van der Waals surface area contributed by atoms with E-state index >= 15 is 0 Å². The van der Waals surface area contributed by atoms with E-state index in [1.54, 1.807) is 6.07 Å². The number of hydrogen-bond donors (Lipinski definition) is 0. The number of carbonyl (C=O) groups is 1. The number of rotatable bonds is 2. The van der Waals surface area contributed by atoms with Crippen molar-refractivity contribution in [3.05, 3.63) is 53.1 Å². The van der Waals surface area contributed by atoms with Crippen molar-refractivity contribution in [2.75, 3.05) is 16.3 Å². The van der Waals surface area contributed by atoms with Gasteiger partial charge in [-0.3, -0.25) is 9.69 Å². The molecule has 0 saturated carbocycles. The fraction of sp³-hybridized carbons (Fsp3) is 0.211. The summed E-state index contributed by atoms with van der Waals surface area (Å²) in [5.74, 6) is -1.35. The predicted octanol–water partition coefficient (Wildman–Crippen LogP) is 3.90. The maximum atomic E-state index is 14.5. The number of nitriles is 2. The number of carbonyl (C=O) groups excluding carboxylic acids is 1. The molecule has 30 heavy (non-hydrogen) atoms. The molecule has 0 unspecified atom stereocenters. The van der Waals surface area contributed by atoms with Gasteiger partial charge >= 0.3 is 6.18 Å². The molecule has 1 aliphatic heterocycles. The summed E-state index contributed by atoms with van der Waals surface area (Å²) in [4.78, 5) is 18.2. The SMILES string of the molecule is N#Cc1ccc(N2CCCC(=O)N(c3cnc(C#N)c(C(F)(F)F)c3)C2=S)c(F)c1. The van der Waals surface area contributed by atoms with Crippen LogP contribution in [0.4, 0.5) is 28.9 Å². The van der Waals surface area contributed by atoms with Gasteiger partial charge in [0.05, 0.1) is 34.8 Å². The van der Waals surface area contributed by atoms with Gasteiger partial charge in [0.15, 0.2) is 10.8 Å². The normalized spacial score (nSPS) is 14.9. The van der Waals surface area contributed by atoms with Crippen molar-refractivity contribution < 1.29 is 22.4 Å². The van der Waals surface area contributed by atoms with Gasteiger partial charge < -0.3 is 4.90 Å². The molecule has 11 heteroatoms.